The number of hydrogen-bond acceptors (Lipinski definition) is 14. The lowest BCUT2D eigenvalue weighted by Crippen LogP contribution is -2.69. The zero-order valence-electron chi connectivity index (χ0n) is 30.7. The molecule has 282 valence electrons. The lowest BCUT2D eigenvalue weighted by Gasteiger charge is -2.49. The summed E-state index contributed by atoms with van der Waals surface area (Å²) in [6, 6.07) is 1.59. The minimum atomic E-state index is -1.89. The Bertz CT molecular complexity index is 1490. The summed E-state index contributed by atoms with van der Waals surface area (Å²) in [7, 11) is 1.11. The van der Waals surface area contributed by atoms with Crippen LogP contribution in [0.15, 0.2) is 24.8 Å². The summed E-state index contributed by atoms with van der Waals surface area (Å²) >= 11 is 0. The van der Waals surface area contributed by atoms with E-state index in [4.69, 9.17) is 33.2 Å². The normalized spacial score (nSPS) is 21.1. The molecule has 2 N–H and O–H groups in total. The van der Waals surface area contributed by atoms with E-state index in [9.17, 15) is 33.6 Å². The fourth-order valence-electron chi connectivity index (χ4n) is 5.69. The summed E-state index contributed by atoms with van der Waals surface area (Å²) in [6.07, 6.45) is -6.23. The van der Waals surface area contributed by atoms with Crippen LogP contribution in [0.1, 0.15) is 82.8 Å². The summed E-state index contributed by atoms with van der Waals surface area (Å²) in [5.41, 5.74) is -1.72. The van der Waals surface area contributed by atoms with Gasteiger partial charge in [-0.05, 0) is 57.9 Å². The van der Waals surface area contributed by atoms with Crippen LogP contribution < -0.4 is 15.4 Å². The summed E-state index contributed by atoms with van der Waals surface area (Å²) in [4.78, 5) is 89.0. The van der Waals surface area contributed by atoms with Crippen LogP contribution in [-0.4, -0.2) is 97.2 Å². The molecular weight excluding hydrogens is 672 g/mol. The third kappa shape index (κ3) is 12.1. The first-order chi connectivity index (χ1) is 23.6. The quantitative estimate of drug-likeness (QED) is 0.130. The lowest BCUT2D eigenvalue weighted by atomic mass is 9.81. The highest BCUT2D eigenvalue weighted by Crippen LogP contribution is 2.38. The van der Waals surface area contributed by atoms with Crippen LogP contribution in [0.5, 0.6) is 5.75 Å². The van der Waals surface area contributed by atoms with Crippen molar-refractivity contribution in [1.82, 2.24) is 10.6 Å². The Kier molecular flexibility index (Phi) is 14.7. The van der Waals surface area contributed by atoms with Crippen molar-refractivity contribution in [2.75, 3.05) is 13.7 Å². The van der Waals surface area contributed by atoms with Crippen LogP contribution in [0.4, 0.5) is 4.79 Å². The van der Waals surface area contributed by atoms with Crippen LogP contribution in [0.3, 0.4) is 0 Å². The molecule has 1 heterocycles. The summed E-state index contributed by atoms with van der Waals surface area (Å²) < 4.78 is 39.0. The molecule has 2 rings (SSSR count). The van der Waals surface area contributed by atoms with Gasteiger partial charge in [-0.3, -0.25) is 24.0 Å². The molecular formula is C35H48N2O14. The van der Waals surface area contributed by atoms with Gasteiger partial charge in [-0.25, -0.2) is 9.59 Å². The van der Waals surface area contributed by atoms with E-state index >= 15 is 0 Å². The third-order valence-electron chi connectivity index (χ3n) is 7.42. The van der Waals surface area contributed by atoms with Gasteiger partial charge in [0.25, 0.3) is 5.91 Å². The topological polar surface area (TPSA) is 208 Å². The second-order valence-electron chi connectivity index (χ2n) is 13.0. The molecule has 1 aliphatic heterocycles. The van der Waals surface area contributed by atoms with E-state index in [2.05, 4.69) is 17.2 Å². The summed E-state index contributed by atoms with van der Waals surface area (Å²) in [5.74, 6) is -4.31. The van der Waals surface area contributed by atoms with Gasteiger partial charge in [0.05, 0.1) is 19.7 Å². The molecule has 51 heavy (non-hydrogen) atoms. The van der Waals surface area contributed by atoms with E-state index in [1.807, 2.05) is 0 Å². The monoisotopic (exact) mass is 720 g/mol. The van der Waals surface area contributed by atoms with Gasteiger partial charge in [-0.1, -0.05) is 6.08 Å². The Labute approximate surface area is 296 Å². The molecule has 2 amide bonds. The predicted molar refractivity (Wildman–Crippen MR) is 178 cm³/mol. The molecule has 0 aromatic heterocycles. The Balaban J connectivity index is 2.71. The molecule has 16 heteroatoms. The second-order valence-corrected chi connectivity index (χ2v) is 13.0. The number of methoxy groups -OCH3 is 1. The number of nitrogens with one attached hydrogen (secondary N) is 2. The smallest absolute Gasteiger partial charge is 0.408 e. The molecule has 0 saturated carbocycles. The fourth-order valence-corrected chi connectivity index (χ4v) is 5.69. The minimum Gasteiger partial charge on any atom is -0.467 e. The number of benzene rings is 1. The van der Waals surface area contributed by atoms with Crippen molar-refractivity contribution in [3.05, 3.63) is 41.5 Å². The van der Waals surface area contributed by atoms with Crippen molar-refractivity contribution >= 4 is 41.8 Å². The lowest BCUT2D eigenvalue weighted by molar-refractivity contribution is -0.238. The van der Waals surface area contributed by atoms with E-state index in [0.717, 1.165) is 27.9 Å². The van der Waals surface area contributed by atoms with Crippen LogP contribution in [0.25, 0.3) is 0 Å². The van der Waals surface area contributed by atoms with Gasteiger partial charge >= 0.3 is 35.9 Å². The molecule has 6 atom stereocenters. The predicted octanol–water partition coefficient (Wildman–Crippen LogP) is 2.92. The Hall–Kier alpha value is -4.99. The Morgan fingerprint density at radius 1 is 0.961 bits per heavy atom. The molecule has 0 radical (unpaired) electrons. The molecule has 1 aromatic carbocycles. The van der Waals surface area contributed by atoms with Crippen LogP contribution in [-0.2, 0) is 52.4 Å². The van der Waals surface area contributed by atoms with Crippen molar-refractivity contribution < 1.29 is 66.7 Å². The third-order valence-corrected chi connectivity index (χ3v) is 7.42. The van der Waals surface area contributed by atoms with Gasteiger partial charge < -0.3 is 43.8 Å². The number of ether oxygens (including phenoxy) is 7. The number of rotatable bonds is 13. The number of hydrogen-bond donors (Lipinski definition) is 2. The second kappa shape index (κ2) is 17.8. The number of alkyl carbamates (subject to hydrolysis) is 1. The highest BCUT2D eigenvalue weighted by Gasteiger charge is 2.58. The van der Waals surface area contributed by atoms with Crippen LogP contribution in [0, 0.1) is 13.8 Å². The highest BCUT2D eigenvalue weighted by atomic mass is 16.6. The molecule has 16 nitrogen and oxygen atoms in total. The van der Waals surface area contributed by atoms with E-state index < -0.39 is 90.1 Å². The van der Waals surface area contributed by atoms with Gasteiger partial charge in [0.2, 0.25) is 0 Å². The maximum absolute atomic E-state index is 13.4. The van der Waals surface area contributed by atoms with E-state index in [0.29, 0.717) is 16.9 Å². The largest absolute Gasteiger partial charge is 0.467 e. The van der Waals surface area contributed by atoms with Gasteiger partial charge in [0.1, 0.15) is 23.6 Å². The number of carbonyl (C=O) groups excluding carboxylic acids is 7. The van der Waals surface area contributed by atoms with Gasteiger partial charge in [-0.15, -0.1) is 6.58 Å². The molecule has 1 aromatic rings. The van der Waals surface area contributed by atoms with E-state index in [1.165, 1.54) is 25.1 Å². The number of carbonyl (C=O) groups is 7. The average molecular weight is 721 g/mol. The number of amides is 2. The van der Waals surface area contributed by atoms with Gasteiger partial charge in [0.15, 0.2) is 17.8 Å². The zero-order chi connectivity index (χ0) is 38.8. The number of esters is 5. The minimum absolute atomic E-state index is 0.163. The first-order valence-electron chi connectivity index (χ1n) is 16.1. The summed E-state index contributed by atoms with van der Waals surface area (Å²) in [5, 5.41) is 5.25. The fraction of sp³-hybridized carbons (Fsp3) is 0.571. The summed E-state index contributed by atoms with van der Waals surface area (Å²) in [6.45, 7) is 15.9. The van der Waals surface area contributed by atoms with Crippen molar-refractivity contribution in [3.63, 3.8) is 0 Å². The van der Waals surface area contributed by atoms with Crippen molar-refractivity contribution in [2.24, 2.45) is 0 Å². The van der Waals surface area contributed by atoms with Crippen molar-refractivity contribution in [2.45, 2.75) is 117 Å². The van der Waals surface area contributed by atoms with Crippen LogP contribution in [0.2, 0.25) is 0 Å². The maximum atomic E-state index is 13.4. The number of aryl methyl sites for hydroxylation is 2. The SMILES string of the molecule is C=CC[C@]1(C(=O)OC)C[C@H](OC(C)=O)[C@@H](NC(=O)OC(C)(C)C)[C@H]([C@H](OC(C)=O)[C@@H](CNC(=O)c2cc(C)c(OC(C)=O)c(C)c2)OC(C)=O)O1. The van der Waals surface area contributed by atoms with E-state index in [-0.39, 0.29) is 18.4 Å². The standard InChI is InChI=1S/C35H48N2O14/c1-12-13-35(32(43)45-11)16-25(46-20(4)38)27(37-33(44)51-34(8,9)10)30(50-35)29(49-23(7)41)26(47-21(5)39)17-36-31(42)24-14-18(2)28(19(3)15-24)48-22(6)40/h12,14-15,25-27,29-30H,1,13,16-17H2,2-11H3,(H,36,42)(H,37,44)/t25-,26+,27+,29+,30+,35+/m0/s1. The van der Waals surface area contributed by atoms with Crippen molar-refractivity contribution in [1.29, 1.82) is 0 Å². The molecule has 0 unspecified atom stereocenters. The molecule has 0 bridgehead atoms. The Morgan fingerprint density at radius 3 is 2.02 bits per heavy atom. The molecule has 1 fully saturated rings. The zero-order valence-corrected chi connectivity index (χ0v) is 30.7. The average Bonchev–Trinajstić information content (AvgIpc) is 2.99. The van der Waals surface area contributed by atoms with Gasteiger partial charge in [0, 0.05) is 46.1 Å². The molecule has 1 aliphatic rings. The highest BCUT2D eigenvalue weighted by molar-refractivity contribution is 5.95. The first kappa shape index (κ1) is 42.2. The van der Waals surface area contributed by atoms with E-state index in [1.54, 1.807) is 34.6 Å². The molecule has 0 spiro atoms. The maximum Gasteiger partial charge on any atom is 0.408 e. The van der Waals surface area contributed by atoms with Crippen molar-refractivity contribution in [3.8, 4) is 5.75 Å². The first-order valence-corrected chi connectivity index (χ1v) is 16.1. The molecule has 1 saturated heterocycles. The molecule has 0 aliphatic carbocycles. The van der Waals surface area contributed by atoms with Crippen LogP contribution >= 0.6 is 0 Å². The van der Waals surface area contributed by atoms with Gasteiger partial charge in [-0.2, -0.15) is 0 Å². The Morgan fingerprint density at radius 2 is 1.55 bits per heavy atom.